The molecule has 1 aromatic heterocycles. The predicted molar refractivity (Wildman–Crippen MR) is 107 cm³/mol. The van der Waals surface area contributed by atoms with E-state index in [4.69, 9.17) is 4.74 Å². The van der Waals surface area contributed by atoms with Gasteiger partial charge >= 0.3 is 0 Å². The second-order valence-electron chi connectivity index (χ2n) is 7.47. The molecule has 28 heavy (non-hydrogen) atoms. The second-order valence-corrected chi connectivity index (χ2v) is 9.97. The van der Waals surface area contributed by atoms with Crippen molar-refractivity contribution in [2.24, 2.45) is 5.92 Å². The molecule has 1 aliphatic rings. The van der Waals surface area contributed by atoms with Crippen LogP contribution in [0.15, 0.2) is 41.6 Å². The smallest absolute Gasteiger partial charge is 0.228 e. The Labute approximate surface area is 166 Å². The van der Waals surface area contributed by atoms with Gasteiger partial charge in [-0.1, -0.05) is 12.1 Å². The summed E-state index contributed by atoms with van der Waals surface area (Å²) in [5.74, 6) is 0.392. The highest BCUT2D eigenvalue weighted by Gasteiger charge is 2.19. The van der Waals surface area contributed by atoms with Crippen LogP contribution in [0, 0.1) is 5.92 Å². The molecule has 7 nitrogen and oxygen atoms in total. The zero-order valence-corrected chi connectivity index (χ0v) is 17.1. The van der Waals surface area contributed by atoms with Gasteiger partial charge in [-0.15, -0.1) is 0 Å². The minimum absolute atomic E-state index is 0.162. The number of carbonyl (C=O) groups excluding carboxylic acids is 1. The summed E-state index contributed by atoms with van der Waals surface area (Å²) >= 11 is 0. The number of hydrogen-bond donors (Lipinski definition) is 1. The monoisotopic (exact) mass is 405 g/mol. The Morgan fingerprint density at radius 2 is 1.93 bits per heavy atom. The number of sulfone groups is 1. The van der Waals surface area contributed by atoms with Gasteiger partial charge in [0, 0.05) is 26.0 Å². The number of nitrogens with one attached hydrogen (secondary N) is 1. The van der Waals surface area contributed by atoms with Gasteiger partial charge in [0.05, 0.1) is 28.5 Å². The first-order valence-corrected chi connectivity index (χ1v) is 11.1. The summed E-state index contributed by atoms with van der Waals surface area (Å²) in [7, 11) is -3.30. The fourth-order valence-corrected chi connectivity index (χ4v) is 4.24. The van der Waals surface area contributed by atoms with Crippen molar-refractivity contribution in [2.45, 2.75) is 49.8 Å². The van der Waals surface area contributed by atoms with Crippen LogP contribution in [0.2, 0.25) is 0 Å². The Morgan fingerprint density at radius 1 is 1.25 bits per heavy atom. The van der Waals surface area contributed by atoms with Crippen LogP contribution < -0.4 is 5.32 Å². The third-order valence-electron chi connectivity index (χ3n) is 4.94. The number of carbonyl (C=O) groups is 1. The quantitative estimate of drug-likeness (QED) is 0.765. The molecular weight excluding hydrogens is 378 g/mol. The van der Waals surface area contributed by atoms with Gasteiger partial charge in [0.25, 0.3) is 0 Å². The molecule has 0 atom stereocenters. The first kappa shape index (κ1) is 20.5. The molecule has 8 heteroatoms. The number of ether oxygens (including phenoxy) is 1. The number of benzene rings is 1. The van der Waals surface area contributed by atoms with Crippen LogP contribution in [-0.4, -0.2) is 42.6 Å². The van der Waals surface area contributed by atoms with Crippen molar-refractivity contribution in [1.29, 1.82) is 0 Å². The average Bonchev–Trinajstić information content (AvgIpc) is 3.09. The summed E-state index contributed by atoms with van der Waals surface area (Å²) < 4.78 is 31.5. The molecule has 0 spiro atoms. The van der Waals surface area contributed by atoms with E-state index in [2.05, 4.69) is 10.4 Å². The summed E-state index contributed by atoms with van der Waals surface area (Å²) in [5.41, 5.74) is 1.42. The van der Waals surface area contributed by atoms with Crippen LogP contribution in [0.5, 0.6) is 0 Å². The van der Waals surface area contributed by atoms with E-state index in [9.17, 15) is 13.2 Å². The molecule has 1 N–H and O–H groups in total. The molecule has 0 bridgehead atoms. The number of aromatic nitrogens is 2. The summed E-state index contributed by atoms with van der Waals surface area (Å²) in [6.45, 7) is 5.72. The van der Waals surface area contributed by atoms with E-state index in [1.807, 2.05) is 10.9 Å². The van der Waals surface area contributed by atoms with Crippen molar-refractivity contribution >= 4 is 21.4 Å². The topological polar surface area (TPSA) is 90.3 Å². The van der Waals surface area contributed by atoms with E-state index in [0.29, 0.717) is 11.6 Å². The Bertz CT molecular complexity index is 898. The van der Waals surface area contributed by atoms with Gasteiger partial charge in [-0.3, -0.25) is 9.48 Å². The summed E-state index contributed by atoms with van der Waals surface area (Å²) in [6, 6.07) is 6.49. The van der Waals surface area contributed by atoms with Crippen LogP contribution >= 0.6 is 0 Å². The minimum atomic E-state index is -3.30. The fourth-order valence-electron chi connectivity index (χ4n) is 3.18. The van der Waals surface area contributed by atoms with Crippen molar-refractivity contribution in [3.63, 3.8) is 0 Å². The van der Waals surface area contributed by atoms with E-state index in [1.54, 1.807) is 44.3 Å². The zero-order valence-electron chi connectivity index (χ0n) is 16.3. The van der Waals surface area contributed by atoms with Crippen molar-refractivity contribution in [3.05, 3.63) is 42.2 Å². The van der Waals surface area contributed by atoms with Crippen molar-refractivity contribution in [1.82, 2.24) is 9.78 Å². The van der Waals surface area contributed by atoms with Gasteiger partial charge in [0.1, 0.15) is 0 Å². The highest BCUT2D eigenvalue weighted by Crippen LogP contribution is 2.19. The SMILES string of the molecule is CC(C)S(=O)(=O)c1ccc(CC(=O)Nc2cnn(CC3CCOCC3)c2)cc1. The lowest BCUT2D eigenvalue weighted by atomic mass is 10.0. The van der Waals surface area contributed by atoms with Gasteiger partial charge in [0.15, 0.2) is 9.84 Å². The molecule has 2 aromatic rings. The van der Waals surface area contributed by atoms with Gasteiger partial charge in [-0.2, -0.15) is 5.10 Å². The van der Waals surface area contributed by atoms with Crippen LogP contribution in [0.25, 0.3) is 0 Å². The van der Waals surface area contributed by atoms with Crippen LogP contribution in [0.3, 0.4) is 0 Å². The maximum atomic E-state index is 12.3. The fraction of sp³-hybridized carbons (Fsp3) is 0.500. The Hall–Kier alpha value is -2.19. The Kier molecular flexibility index (Phi) is 6.51. The van der Waals surface area contributed by atoms with Crippen LogP contribution in [0.1, 0.15) is 32.3 Å². The zero-order chi connectivity index (χ0) is 20.1. The molecule has 0 aliphatic carbocycles. The molecule has 1 aromatic carbocycles. The van der Waals surface area contributed by atoms with Crippen LogP contribution in [-0.2, 0) is 32.3 Å². The lowest BCUT2D eigenvalue weighted by Crippen LogP contribution is -2.20. The van der Waals surface area contributed by atoms with Crippen molar-refractivity contribution in [3.8, 4) is 0 Å². The lowest BCUT2D eigenvalue weighted by molar-refractivity contribution is -0.115. The van der Waals surface area contributed by atoms with Gasteiger partial charge in [-0.05, 0) is 50.3 Å². The number of rotatable bonds is 7. The molecule has 1 fully saturated rings. The molecule has 1 amide bonds. The third-order valence-corrected chi connectivity index (χ3v) is 7.11. The van der Waals surface area contributed by atoms with E-state index in [0.717, 1.165) is 38.2 Å². The number of nitrogens with zero attached hydrogens (tertiary/aromatic N) is 2. The Morgan fingerprint density at radius 3 is 2.57 bits per heavy atom. The van der Waals surface area contributed by atoms with E-state index < -0.39 is 15.1 Å². The molecule has 1 saturated heterocycles. The maximum Gasteiger partial charge on any atom is 0.228 e. The van der Waals surface area contributed by atoms with E-state index in [1.165, 1.54) is 0 Å². The van der Waals surface area contributed by atoms with Gasteiger partial charge < -0.3 is 10.1 Å². The first-order chi connectivity index (χ1) is 13.3. The van der Waals surface area contributed by atoms with Crippen LogP contribution in [0.4, 0.5) is 5.69 Å². The third kappa shape index (κ3) is 5.20. The van der Waals surface area contributed by atoms with Gasteiger partial charge in [0.2, 0.25) is 5.91 Å². The highest BCUT2D eigenvalue weighted by atomic mass is 32.2. The van der Waals surface area contributed by atoms with E-state index in [-0.39, 0.29) is 17.2 Å². The maximum absolute atomic E-state index is 12.3. The van der Waals surface area contributed by atoms with Crippen molar-refractivity contribution in [2.75, 3.05) is 18.5 Å². The summed E-state index contributed by atoms with van der Waals surface area (Å²) in [6.07, 6.45) is 5.72. The molecule has 152 valence electrons. The molecule has 3 rings (SSSR count). The molecular formula is C20H27N3O4S. The number of anilines is 1. The summed E-state index contributed by atoms with van der Waals surface area (Å²) in [5, 5.41) is 6.69. The molecule has 2 heterocycles. The number of amides is 1. The highest BCUT2D eigenvalue weighted by molar-refractivity contribution is 7.92. The standard InChI is InChI=1S/C20H27N3O4S/c1-15(2)28(25,26)19-5-3-16(4-6-19)11-20(24)22-18-12-21-23(14-18)13-17-7-9-27-10-8-17/h3-6,12,14-15,17H,7-11,13H2,1-2H3,(H,22,24). The minimum Gasteiger partial charge on any atom is -0.381 e. The molecule has 0 radical (unpaired) electrons. The number of hydrogen-bond acceptors (Lipinski definition) is 5. The van der Waals surface area contributed by atoms with Crippen molar-refractivity contribution < 1.29 is 17.9 Å². The predicted octanol–water partition coefficient (Wildman–Crippen LogP) is 2.67. The summed E-state index contributed by atoms with van der Waals surface area (Å²) in [4.78, 5) is 12.6. The molecule has 1 aliphatic heterocycles. The van der Waals surface area contributed by atoms with E-state index >= 15 is 0 Å². The largest absolute Gasteiger partial charge is 0.381 e. The normalized spacial score (nSPS) is 15.7. The lowest BCUT2D eigenvalue weighted by Gasteiger charge is -2.21. The molecule has 0 saturated carbocycles. The first-order valence-electron chi connectivity index (χ1n) is 9.57. The average molecular weight is 406 g/mol. The molecule has 0 unspecified atom stereocenters. The van der Waals surface area contributed by atoms with Gasteiger partial charge in [-0.25, -0.2) is 8.42 Å². The second kappa shape index (κ2) is 8.87. The Balaban J connectivity index is 1.54.